The van der Waals surface area contributed by atoms with E-state index in [-0.39, 0.29) is 47.8 Å². The Morgan fingerprint density at radius 2 is 1.95 bits per heavy atom. The third-order valence-corrected chi connectivity index (χ3v) is 7.36. The molecule has 0 radical (unpaired) electrons. The van der Waals surface area contributed by atoms with Crippen LogP contribution in [0, 0.1) is 0 Å². The Hall–Kier alpha value is -3.01. The maximum Gasteiger partial charge on any atom is 0.281 e. The van der Waals surface area contributed by atoms with E-state index in [1.54, 1.807) is 0 Å². The van der Waals surface area contributed by atoms with E-state index in [4.69, 9.17) is 20.2 Å². The van der Waals surface area contributed by atoms with Crippen molar-refractivity contribution in [2.45, 2.75) is 44.8 Å². The first-order chi connectivity index (χ1) is 19.4. The number of carbonyl (C=O) groups is 1. The number of anilines is 3. The molecule has 3 fully saturated rings. The minimum Gasteiger partial charge on any atom is -0.377 e. The molecule has 0 aromatic carbocycles. The van der Waals surface area contributed by atoms with Gasteiger partial charge in [-0.05, 0) is 26.3 Å². The molecule has 1 amide bonds. The Labute approximate surface area is 243 Å². The van der Waals surface area contributed by atoms with Gasteiger partial charge < -0.3 is 35.2 Å². The normalized spacial score (nSPS) is 21.6. The molecule has 226 valence electrons. The highest BCUT2D eigenvalue weighted by molar-refractivity contribution is 5.85. The number of nitrogens with one attached hydrogen (secondary N) is 1. The zero-order chi connectivity index (χ0) is 28.1. The van der Waals surface area contributed by atoms with E-state index in [9.17, 15) is 13.6 Å². The number of morpholine rings is 1. The molecule has 3 saturated heterocycles. The average molecular weight is 599 g/mol. The van der Waals surface area contributed by atoms with Crippen LogP contribution in [0.3, 0.4) is 0 Å². The summed E-state index contributed by atoms with van der Waals surface area (Å²) in [6.45, 7) is 7.71. The van der Waals surface area contributed by atoms with E-state index in [1.807, 2.05) is 21.6 Å². The number of nitrogens with two attached hydrogens (primary N) is 1. The van der Waals surface area contributed by atoms with E-state index in [2.05, 4.69) is 25.3 Å². The highest BCUT2D eigenvalue weighted by Crippen LogP contribution is 2.30. The first-order valence-corrected chi connectivity index (χ1v) is 13.8. The summed E-state index contributed by atoms with van der Waals surface area (Å²) in [5, 5.41) is 3.31. The topological polar surface area (TPSA) is 148 Å². The number of halogens is 3. The molecule has 3 N–H and O–H groups in total. The van der Waals surface area contributed by atoms with E-state index in [0.717, 1.165) is 25.9 Å². The van der Waals surface area contributed by atoms with Crippen LogP contribution in [0.2, 0.25) is 0 Å². The van der Waals surface area contributed by atoms with Crippen molar-refractivity contribution >= 4 is 36.2 Å². The molecule has 3 aliphatic rings. The monoisotopic (exact) mass is 598 g/mol. The molecule has 5 heterocycles. The third kappa shape index (κ3) is 7.64. The summed E-state index contributed by atoms with van der Waals surface area (Å²) in [4.78, 5) is 40.0. The number of alkyl halides is 2. The van der Waals surface area contributed by atoms with Gasteiger partial charge in [0.25, 0.3) is 6.43 Å². The van der Waals surface area contributed by atoms with Gasteiger partial charge in [0.2, 0.25) is 23.8 Å². The molecule has 0 spiro atoms. The van der Waals surface area contributed by atoms with Crippen LogP contribution in [0.4, 0.5) is 26.6 Å². The molecule has 16 heteroatoms. The fourth-order valence-corrected chi connectivity index (χ4v) is 5.11. The zero-order valence-electron chi connectivity index (χ0n) is 23.0. The number of carbonyl (C=O) groups excluding carboxylic acids is 1. The molecule has 2 atom stereocenters. The number of amides is 1. The molecule has 5 rings (SSSR count). The van der Waals surface area contributed by atoms with Crippen molar-refractivity contribution in [1.82, 2.24) is 35.1 Å². The number of rotatable bonds is 8. The molecule has 2 aromatic heterocycles. The van der Waals surface area contributed by atoms with Crippen LogP contribution in [-0.2, 0) is 14.3 Å². The lowest BCUT2D eigenvalue weighted by molar-refractivity contribution is -0.133. The van der Waals surface area contributed by atoms with Gasteiger partial charge in [-0.1, -0.05) is 0 Å². The van der Waals surface area contributed by atoms with Gasteiger partial charge in [-0.15, -0.1) is 12.4 Å². The summed E-state index contributed by atoms with van der Waals surface area (Å²) in [7, 11) is 0. The molecular weight excluding hydrogens is 562 g/mol. The number of nitrogens with zero attached hydrogens (tertiary/aromatic N) is 8. The average Bonchev–Trinajstić information content (AvgIpc) is 2.97. The Kier molecular flexibility index (Phi) is 10.8. The first-order valence-electron chi connectivity index (χ1n) is 13.8. The summed E-state index contributed by atoms with van der Waals surface area (Å²) >= 11 is 0. The quantitative estimate of drug-likeness (QED) is 0.451. The molecule has 0 unspecified atom stereocenters. The summed E-state index contributed by atoms with van der Waals surface area (Å²) in [6.07, 6.45) is 0.924. The number of aromatic nitrogens is 5. The van der Waals surface area contributed by atoms with Crippen molar-refractivity contribution in [3.63, 3.8) is 0 Å². The van der Waals surface area contributed by atoms with Gasteiger partial charge >= 0.3 is 0 Å². The first kappa shape index (κ1) is 30.9. The highest BCUT2D eigenvalue weighted by atomic mass is 35.5. The number of piperidine rings is 1. The van der Waals surface area contributed by atoms with E-state index in [1.165, 1.54) is 6.20 Å². The lowest BCUT2D eigenvalue weighted by Gasteiger charge is -2.36. The van der Waals surface area contributed by atoms with Gasteiger partial charge in [0.1, 0.15) is 5.69 Å². The Morgan fingerprint density at radius 1 is 1.17 bits per heavy atom. The second-order valence-corrected chi connectivity index (χ2v) is 10.2. The van der Waals surface area contributed by atoms with Crippen molar-refractivity contribution < 1.29 is 23.0 Å². The van der Waals surface area contributed by atoms with Gasteiger partial charge in [-0.2, -0.15) is 15.0 Å². The Morgan fingerprint density at radius 3 is 2.66 bits per heavy atom. The summed E-state index contributed by atoms with van der Waals surface area (Å²) in [6, 6.07) is -0.0184. The van der Waals surface area contributed by atoms with Gasteiger partial charge in [-0.3, -0.25) is 4.79 Å². The number of piperazine rings is 1. The van der Waals surface area contributed by atoms with Gasteiger partial charge in [0.05, 0.1) is 44.0 Å². The standard InChI is InChI=1S/C25H36F2N10O3.ClH/c1-16-15-39-12-10-37(16)25-33-22(18-14-30-23(28)31-20(18)21(26)27)32-24(34-25)36-8-6-35(7-9-36)19(38)4-11-40-17-3-2-5-29-13-17;/h14,16-17,21,29H,2-13,15H2,1H3,(H2,28,30,31);1H/t16-,17+;/m0./s1. The molecule has 3 aliphatic heterocycles. The fourth-order valence-electron chi connectivity index (χ4n) is 5.11. The summed E-state index contributed by atoms with van der Waals surface area (Å²) < 4.78 is 39.2. The second-order valence-electron chi connectivity index (χ2n) is 10.2. The van der Waals surface area contributed by atoms with Crippen LogP contribution in [0.25, 0.3) is 11.4 Å². The van der Waals surface area contributed by atoms with Crippen LogP contribution in [0.15, 0.2) is 6.20 Å². The van der Waals surface area contributed by atoms with E-state index < -0.39 is 12.1 Å². The van der Waals surface area contributed by atoms with Crippen LogP contribution in [0.5, 0.6) is 0 Å². The molecule has 2 aromatic rings. The van der Waals surface area contributed by atoms with Gasteiger partial charge in [0.15, 0.2) is 5.82 Å². The smallest absolute Gasteiger partial charge is 0.281 e. The summed E-state index contributed by atoms with van der Waals surface area (Å²) in [5.41, 5.74) is 5.04. The van der Waals surface area contributed by atoms with E-state index >= 15 is 0 Å². The maximum absolute atomic E-state index is 13.9. The summed E-state index contributed by atoms with van der Waals surface area (Å²) in [5.74, 6) is 0.540. The van der Waals surface area contributed by atoms with Crippen LogP contribution in [-0.4, -0.2) is 114 Å². The van der Waals surface area contributed by atoms with E-state index in [0.29, 0.717) is 70.9 Å². The number of nitrogen functional groups attached to an aromatic ring is 1. The Bertz CT molecular complexity index is 1170. The molecule has 0 saturated carbocycles. The van der Waals surface area contributed by atoms with Crippen LogP contribution < -0.4 is 20.9 Å². The van der Waals surface area contributed by atoms with Crippen molar-refractivity contribution in [3.05, 3.63) is 11.9 Å². The lowest BCUT2D eigenvalue weighted by atomic mass is 10.1. The zero-order valence-corrected chi connectivity index (χ0v) is 23.9. The molecule has 0 bridgehead atoms. The molecule has 41 heavy (non-hydrogen) atoms. The predicted octanol–water partition coefficient (Wildman–Crippen LogP) is 1.30. The van der Waals surface area contributed by atoms with Crippen molar-refractivity contribution in [2.24, 2.45) is 0 Å². The van der Waals surface area contributed by atoms with Gasteiger partial charge in [-0.25, -0.2) is 18.7 Å². The Balaban J connectivity index is 0.00000387. The SMILES string of the molecule is C[C@H]1COCCN1c1nc(-c2cnc(N)nc2C(F)F)nc(N2CCN(C(=O)CCO[C@@H]3CCCNC3)CC2)n1.Cl. The largest absolute Gasteiger partial charge is 0.377 e. The number of hydrogen-bond acceptors (Lipinski definition) is 12. The highest BCUT2D eigenvalue weighted by Gasteiger charge is 2.29. The molecule has 0 aliphatic carbocycles. The molecular formula is C25H37ClF2N10O3. The minimum absolute atomic E-state index is 0. The molecule has 13 nitrogen and oxygen atoms in total. The van der Waals surface area contributed by atoms with Crippen molar-refractivity contribution in [2.75, 3.05) is 81.2 Å². The minimum atomic E-state index is -2.89. The maximum atomic E-state index is 13.9. The van der Waals surface area contributed by atoms with Crippen LogP contribution in [0.1, 0.15) is 38.3 Å². The number of hydrogen-bond donors (Lipinski definition) is 2. The fraction of sp³-hybridized carbons (Fsp3) is 0.680. The van der Waals surface area contributed by atoms with Crippen molar-refractivity contribution in [1.29, 1.82) is 0 Å². The number of ether oxygens (including phenoxy) is 2. The predicted molar refractivity (Wildman–Crippen MR) is 150 cm³/mol. The third-order valence-electron chi connectivity index (χ3n) is 7.36. The lowest BCUT2D eigenvalue weighted by Crippen LogP contribution is -2.50. The van der Waals surface area contributed by atoms with Crippen molar-refractivity contribution in [3.8, 4) is 11.4 Å². The van der Waals surface area contributed by atoms with Gasteiger partial charge in [0, 0.05) is 45.5 Å². The second kappa shape index (κ2) is 14.2. The van der Waals surface area contributed by atoms with Crippen LogP contribution >= 0.6 is 12.4 Å².